The van der Waals surface area contributed by atoms with Crippen molar-refractivity contribution in [2.75, 3.05) is 44.8 Å². The molecule has 0 unspecified atom stereocenters. The van der Waals surface area contributed by atoms with Crippen molar-refractivity contribution in [1.82, 2.24) is 9.88 Å². The van der Waals surface area contributed by atoms with Crippen molar-refractivity contribution in [2.45, 2.75) is 13.0 Å². The Hall–Kier alpha value is -1.50. The molecule has 3 heterocycles. The van der Waals surface area contributed by atoms with E-state index in [4.69, 9.17) is 9.47 Å². The second-order valence-electron chi connectivity index (χ2n) is 5.83. The number of hydrogen-bond donors (Lipinski definition) is 1. The Bertz CT molecular complexity index is 497. The third-order valence-electron chi connectivity index (χ3n) is 4.41. The molecule has 6 heteroatoms. The minimum absolute atomic E-state index is 0.0344. The summed E-state index contributed by atoms with van der Waals surface area (Å²) >= 11 is 0. The number of hydrogen-bond acceptors (Lipinski definition) is 5. The largest absolute Gasteiger partial charge is 0.380 e. The molecule has 22 heavy (non-hydrogen) atoms. The maximum atomic E-state index is 12.5. The number of nitrogens with one attached hydrogen (secondary N) is 1. The number of amides is 1. The van der Waals surface area contributed by atoms with Crippen LogP contribution in [0.3, 0.4) is 0 Å². The first-order valence-electron chi connectivity index (χ1n) is 7.90. The van der Waals surface area contributed by atoms with Gasteiger partial charge in [-0.2, -0.15) is 0 Å². The van der Waals surface area contributed by atoms with E-state index in [9.17, 15) is 4.79 Å². The van der Waals surface area contributed by atoms with E-state index in [1.54, 1.807) is 12.4 Å². The Balaban J connectivity index is 1.54. The number of nitrogens with zero attached hydrogens (tertiary/aromatic N) is 2. The third kappa shape index (κ3) is 3.45. The lowest BCUT2D eigenvalue weighted by Crippen LogP contribution is -2.32. The van der Waals surface area contributed by atoms with Crippen LogP contribution in [0.2, 0.25) is 0 Å². The Labute approximate surface area is 130 Å². The third-order valence-corrected chi connectivity index (χ3v) is 4.41. The summed E-state index contributed by atoms with van der Waals surface area (Å²) in [4.78, 5) is 18.8. The predicted molar refractivity (Wildman–Crippen MR) is 82.5 cm³/mol. The topological polar surface area (TPSA) is 63.7 Å². The standard InChI is InChI=1S/C16H23N3O3/c1-2-21-7-6-19-9-13-14(11-22-15(13)10-19)16(20)18-12-4-3-5-17-8-12/h3-5,8,13-15H,2,6-7,9-11H2,1H3,(H,18,20)/t13-,14+,15-/m0/s1. The molecule has 2 saturated heterocycles. The van der Waals surface area contributed by atoms with Crippen molar-refractivity contribution in [1.29, 1.82) is 0 Å². The molecular formula is C16H23N3O3. The van der Waals surface area contributed by atoms with Crippen LogP contribution in [0.1, 0.15) is 6.92 Å². The first-order chi connectivity index (χ1) is 10.8. The molecule has 0 saturated carbocycles. The molecule has 0 radical (unpaired) electrons. The van der Waals surface area contributed by atoms with Crippen LogP contribution in [-0.2, 0) is 14.3 Å². The van der Waals surface area contributed by atoms with Crippen LogP contribution in [0, 0.1) is 11.8 Å². The molecule has 3 rings (SSSR count). The van der Waals surface area contributed by atoms with Crippen LogP contribution < -0.4 is 5.32 Å². The van der Waals surface area contributed by atoms with Gasteiger partial charge in [-0.3, -0.25) is 14.7 Å². The molecular weight excluding hydrogens is 282 g/mol. The van der Waals surface area contributed by atoms with E-state index in [2.05, 4.69) is 15.2 Å². The van der Waals surface area contributed by atoms with E-state index in [-0.39, 0.29) is 23.8 Å². The minimum Gasteiger partial charge on any atom is -0.380 e. The molecule has 2 aliphatic heterocycles. The first-order valence-corrected chi connectivity index (χ1v) is 7.90. The number of anilines is 1. The Morgan fingerprint density at radius 2 is 2.45 bits per heavy atom. The van der Waals surface area contributed by atoms with Crippen LogP contribution in [0.5, 0.6) is 0 Å². The highest BCUT2D eigenvalue weighted by Gasteiger charge is 2.46. The summed E-state index contributed by atoms with van der Waals surface area (Å²) in [6.07, 6.45) is 3.53. The number of pyridine rings is 1. The summed E-state index contributed by atoms with van der Waals surface area (Å²) in [5.41, 5.74) is 0.738. The van der Waals surface area contributed by atoms with Gasteiger partial charge in [0.15, 0.2) is 0 Å². The van der Waals surface area contributed by atoms with Crippen molar-refractivity contribution in [3.63, 3.8) is 0 Å². The number of fused-ring (bicyclic) bond motifs is 1. The highest BCUT2D eigenvalue weighted by Crippen LogP contribution is 2.34. The summed E-state index contributed by atoms with van der Waals surface area (Å²) in [7, 11) is 0. The van der Waals surface area contributed by atoms with Crippen molar-refractivity contribution >= 4 is 11.6 Å². The monoisotopic (exact) mass is 305 g/mol. The molecule has 120 valence electrons. The lowest BCUT2D eigenvalue weighted by atomic mass is 9.92. The number of carbonyl (C=O) groups is 1. The van der Waals surface area contributed by atoms with Gasteiger partial charge < -0.3 is 14.8 Å². The summed E-state index contributed by atoms with van der Waals surface area (Å²) in [5.74, 6) is 0.229. The van der Waals surface area contributed by atoms with Crippen molar-refractivity contribution in [2.24, 2.45) is 11.8 Å². The van der Waals surface area contributed by atoms with Gasteiger partial charge in [-0.05, 0) is 19.1 Å². The molecule has 1 N–H and O–H groups in total. The molecule has 3 atom stereocenters. The second kappa shape index (κ2) is 7.17. The fraction of sp³-hybridized carbons (Fsp3) is 0.625. The molecule has 6 nitrogen and oxygen atoms in total. The summed E-state index contributed by atoms with van der Waals surface area (Å²) in [5, 5.41) is 2.94. The van der Waals surface area contributed by atoms with Crippen LogP contribution in [0.4, 0.5) is 5.69 Å². The van der Waals surface area contributed by atoms with Crippen LogP contribution in [0.25, 0.3) is 0 Å². The highest BCUT2D eigenvalue weighted by molar-refractivity contribution is 5.92. The summed E-state index contributed by atoms with van der Waals surface area (Å²) < 4.78 is 11.2. The summed E-state index contributed by atoms with van der Waals surface area (Å²) in [6.45, 7) is 6.70. The number of aromatic nitrogens is 1. The number of ether oxygens (including phenoxy) is 2. The number of rotatable bonds is 6. The first kappa shape index (κ1) is 15.4. The van der Waals surface area contributed by atoms with E-state index in [1.165, 1.54) is 0 Å². The van der Waals surface area contributed by atoms with Crippen molar-refractivity contribution in [3.05, 3.63) is 24.5 Å². The summed E-state index contributed by atoms with van der Waals surface area (Å²) in [6, 6.07) is 3.66. The number of carbonyl (C=O) groups excluding carboxylic acids is 1. The van der Waals surface area contributed by atoms with E-state index in [0.29, 0.717) is 6.61 Å². The molecule has 0 aromatic carbocycles. The van der Waals surface area contributed by atoms with Crippen molar-refractivity contribution < 1.29 is 14.3 Å². The maximum Gasteiger partial charge on any atom is 0.230 e. The smallest absolute Gasteiger partial charge is 0.230 e. The van der Waals surface area contributed by atoms with E-state index in [0.717, 1.165) is 38.5 Å². The molecule has 2 aliphatic rings. The van der Waals surface area contributed by atoms with E-state index in [1.807, 2.05) is 19.1 Å². The Kier molecular flexibility index (Phi) is 5.02. The van der Waals surface area contributed by atoms with Gasteiger partial charge >= 0.3 is 0 Å². The van der Waals surface area contributed by atoms with Gasteiger partial charge in [0, 0.05) is 38.4 Å². The number of likely N-dealkylation sites (tertiary alicyclic amines) is 1. The zero-order chi connectivity index (χ0) is 15.4. The van der Waals surface area contributed by atoms with Gasteiger partial charge in [-0.1, -0.05) is 0 Å². The molecule has 1 amide bonds. The fourth-order valence-electron chi connectivity index (χ4n) is 3.26. The van der Waals surface area contributed by atoms with Crippen LogP contribution in [0.15, 0.2) is 24.5 Å². The Morgan fingerprint density at radius 1 is 1.55 bits per heavy atom. The quantitative estimate of drug-likeness (QED) is 0.795. The lowest BCUT2D eigenvalue weighted by Gasteiger charge is -2.19. The zero-order valence-electron chi connectivity index (χ0n) is 12.9. The van der Waals surface area contributed by atoms with Gasteiger partial charge in [0.2, 0.25) is 5.91 Å². The van der Waals surface area contributed by atoms with E-state index >= 15 is 0 Å². The van der Waals surface area contributed by atoms with Crippen LogP contribution in [-0.4, -0.2) is 61.3 Å². The van der Waals surface area contributed by atoms with Gasteiger partial charge in [0.1, 0.15) is 0 Å². The minimum atomic E-state index is -0.0812. The highest BCUT2D eigenvalue weighted by atomic mass is 16.5. The van der Waals surface area contributed by atoms with Gasteiger partial charge in [-0.25, -0.2) is 0 Å². The Morgan fingerprint density at radius 3 is 3.23 bits per heavy atom. The normalized spacial score (nSPS) is 27.8. The average Bonchev–Trinajstić information content (AvgIpc) is 3.08. The predicted octanol–water partition coefficient (Wildman–Crippen LogP) is 1.00. The fourth-order valence-corrected chi connectivity index (χ4v) is 3.26. The molecule has 0 aliphatic carbocycles. The molecule has 1 aromatic heterocycles. The second-order valence-corrected chi connectivity index (χ2v) is 5.83. The van der Waals surface area contributed by atoms with Gasteiger partial charge in [0.05, 0.1) is 37.1 Å². The lowest BCUT2D eigenvalue weighted by molar-refractivity contribution is -0.120. The van der Waals surface area contributed by atoms with E-state index < -0.39 is 0 Å². The SMILES string of the molecule is CCOCCN1C[C@@H]2[C@H](C1)OC[C@H]2C(=O)Nc1cccnc1. The van der Waals surface area contributed by atoms with Gasteiger partial charge in [-0.15, -0.1) is 0 Å². The average molecular weight is 305 g/mol. The maximum absolute atomic E-state index is 12.5. The molecule has 0 bridgehead atoms. The molecule has 2 fully saturated rings. The molecule has 1 aromatic rings. The zero-order valence-corrected chi connectivity index (χ0v) is 12.9. The molecule has 0 spiro atoms. The van der Waals surface area contributed by atoms with Gasteiger partial charge in [0.25, 0.3) is 0 Å². The van der Waals surface area contributed by atoms with Crippen molar-refractivity contribution in [3.8, 4) is 0 Å². The van der Waals surface area contributed by atoms with Crippen LogP contribution >= 0.6 is 0 Å².